The second-order valence-corrected chi connectivity index (χ2v) is 7.00. The molecule has 30 heavy (non-hydrogen) atoms. The van der Waals surface area contributed by atoms with Crippen LogP contribution in [0, 0.1) is 0 Å². The van der Waals surface area contributed by atoms with Crippen molar-refractivity contribution in [3.8, 4) is 0 Å². The van der Waals surface area contributed by atoms with Crippen molar-refractivity contribution in [2.24, 2.45) is 0 Å². The van der Waals surface area contributed by atoms with E-state index >= 15 is 0 Å². The highest BCUT2D eigenvalue weighted by molar-refractivity contribution is 5.82. The van der Waals surface area contributed by atoms with Gasteiger partial charge in [0, 0.05) is 12.3 Å². The van der Waals surface area contributed by atoms with Crippen molar-refractivity contribution in [3.63, 3.8) is 0 Å². The molecule has 0 aliphatic heterocycles. The lowest BCUT2D eigenvalue weighted by Crippen LogP contribution is -2.32. The van der Waals surface area contributed by atoms with E-state index in [2.05, 4.69) is 10.6 Å². The summed E-state index contributed by atoms with van der Waals surface area (Å²) in [6, 6.07) is 17.7. The third-order valence-corrected chi connectivity index (χ3v) is 4.56. The molecule has 0 fully saturated rings. The molecule has 0 saturated carbocycles. The van der Waals surface area contributed by atoms with Crippen LogP contribution in [0.15, 0.2) is 65.1 Å². The van der Waals surface area contributed by atoms with Crippen molar-refractivity contribution in [3.05, 3.63) is 72.0 Å². The second kappa shape index (κ2) is 9.73. The minimum Gasteiger partial charge on any atom is -0.459 e. The number of carbonyl (C=O) groups excluding carboxylic acids is 3. The third kappa shape index (κ3) is 5.70. The summed E-state index contributed by atoms with van der Waals surface area (Å²) in [6.07, 6.45) is -0.0734. The first-order valence-electron chi connectivity index (χ1n) is 9.68. The van der Waals surface area contributed by atoms with Gasteiger partial charge in [-0.25, -0.2) is 0 Å². The Morgan fingerprint density at radius 2 is 1.70 bits per heavy atom. The Bertz CT molecular complexity index is 995. The molecule has 0 aliphatic rings. The summed E-state index contributed by atoms with van der Waals surface area (Å²) in [5.74, 6) is -0.657. The van der Waals surface area contributed by atoms with Gasteiger partial charge in [0.05, 0.1) is 18.5 Å². The molecule has 3 rings (SSSR count). The van der Waals surface area contributed by atoms with Gasteiger partial charge in [0.15, 0.2) is 6.61 Å². The predicted molar refractivity (Wildman–Crippen MR) is 111 cm³/mol. The van der Waals surface area contributed by atoms with Gasteiger partial charge in [-0.3, -0.25) is 14.4 Å². The number of fused-ring (bicyclic) bond motifs is 1. The third-order valence-electron chi connectivity index (χ3n) is 4.56. The molecule has 7 heteroatoms. The fourth-order valence-corrected chi connectivity index (χ4v) is 3.12. The topological polar surface area (TPSA) is 97.6 Å². The molecule has 2 N–H and O–H groups in total. The van der Waals surface area contributed by atoms with Crippen LogP contribution < -0.4 is 10.6 Å². The van der Waals surface area contributed by atoms with Crippen LogP contribution in [0.1, 0.15) is 43.7 Å². The Morgan fingerprint density at radius 3 is 2.40 bits per heavy atom. The van der Waals surface area contributed by atoms with Crippen molar-refractivity contribution < 1.29 is 23.5 Å². The summed E-state index contributed by atoms with van der Waals surface area (Å²) < 4.78 is 10.8. The fraction of sp³-hybridized carbons (Fsp3) is 0.261. The average molecular weight is 408 g/mol. The molecular formula is C23H24N2O5. The lowest BCUT2D eigenvalue weighted by molar-refractivity contribution is -0.149. The first-order valence-corrected chi connectivity index (χ1v) is 9.68. The molecule has 2 aromatic carbocycles. The number of hydrogen-bond acceptors (Lipinski definition) is 5. The average Bonchev–Trinajstić information content (AvgIpc) is 3.17. The molecule has 0 aliphatic carbocycles. The molecule has 0 spiro atoms. The SMILES string of the molecule is CC(=O)N[C@@H](CC(=O)OCC(=O)N[C@@H](C)c1cc2ccccc2o1)c1ccccc1. The highest BCUT2D eigenvalue weighted by atomic mass is 16.5. The van der Waals surface area contributed by atoms with Crippen molar-refractivity contribution in [1.29, 1.82) is 0 Å². The van der Waals surface area contributed by atoms with Gasteiger partial charge >= 0.3 is 5.97 Å². The maximum Gasteiger partial charge on any atom is 0.308 e. The van der Waals surface area contributed by atoms with Gasteiger partial charge in [-0.2, -0.15) is 0 Å². The molecule has 1 aromatic heterocycles. The number of rotatable bonds is 8. The van der Waals surface area contributed by atoms with Crippen molar-refractivity contribution in [1.82, 2.24) is 10.6 Å². The predicted octanol–water partition coefficient (Wildman–Crippen LogP) is 3.42. The Balaban J connectivity index is 1.51. The zero-order valence-electron chi connectivity index (χ0n) is 16.9. The van der Waals surface area contributed by atoms with Gasteiger partial charge in [-0.1, -0.05) is 48.5 Å². The van der Waals surface area contributed by atoms with E-state index in [1.54, 1.807) is 6.92 Å². The van der Waals surface area contributed by atoms with Gasteiger partial charge in [0.1, 0.15) is 11.3 Å². The van der Waals surface area contributed by atoms with Gasteiger partial charge in [-0.05, 0) is 24.6 Å². The molecule has 1 heterocycles. The zero-order valence-corrected chi connectivity index (χ0v) is 16.9. The number of benzene rings is 2. The Kier molecular flexibility index (Phi) is 6.85. The van der Waals surface area contributed by atoms with E-state index in [-0.39, 0.29) is 18.4 Å². The van der Waals surface area contributed by atoms with Crippen LogP contribution in [0.4, 0.5) is 0 Å². The summed E-state index contributed by atoms with van der Waals surface area (Å²) in [4.78, 5) is 35.9. The second-order valence-electron chi connectivity index (χ2n) is 7.00. The maximum absolute atomic E-state index is 12.2. The van der Waals surface area contributed by atoms with Gasteiger partial charge in [0.25, 0.3) is 5.91 Å². The highest BCUT2D eigenvalue weighted by Crippen LogP contribution is 2.23. The van der Waals surface area contributed by atoms with E-state index in [1.165, 1.54) is 6.92 Å². The Labute approximate surface area is 174 Å². The number of ether oxygens (including phenoxy) is 1. The summed E-state index contributed by atoms with van der Waals surface area (Å²) in [5, 5.41) is 6.43. The van der Waals surface area contributed by atoms with E-state index in [4.69, 9.17) is 9.15 Å². The highest BCUT2D eigenvalue weighted by Gasteiger charge is 2.20. The Morgan fingerprint density at radius 1 is 1.00 bits per heavy atom. The largest absolute Gasteiger partial charge is 0.459 e. The van der Waals surface area contributed by atoms with Crippen molar-refractivity contribution in [2.75, 3.05) is 6.61 Å². The molecule has 2 amide bonds. The molecule has 0 saturated heterocycles. The van der Waals surface area contributed by atoms with Crippen molar-refractivity contribution >= 4 is 28.8 Å². The fourth-order valence-electron chi connectivity index (χ4n) is 3.12. The number of nitrogens with one attached hydrogen (secondary N) is 2. The van der Waals surface area contributed by atoms with Crippen LogP contribution >= 0.6 is 0 Å². The Hall–Kier alpha value is -3.61. The minimum atomic E-state index is -0.579. The van der Waals surface area contributed by atoms with Crippen LogP contribution in [0.5, 0.6) is 0 Å². The minimum absolute atomic E-state index is 0.0734. The molecule has 7 nitrogen and oxygen atoms in total. The summed E-state index contributed by atoms with van der Waals surface area (Å²) in [5.41, 5.74) is 1.53. The van der Waals surface area contributed by atoms with Crippen molar-refractivity contribution in [2.45, 2.75) is 32.4 Å². The maximum atomic E-state index is 12.2. The summed E-state index contributed by atoms with van der Waals surface area (Å²) in [6.45, 7) is 2.76. The lowest BCUT2D eigenvalue weighted by Gasteiger charge is -2.18. The normalized spacial score (nSPS) is 12.7. The molecule has 2 atom stereocenters. The standard InChI is InChI=1S/C23H24N2O5/c1-15(21-12-18-10-6-7-11-20(18)30-21)24-22(27)14-29-23(28)13-19(25-16(2)26)17-8-4-3-5-9-17/h3-12,15,19H,13-14H2,1-2H3,(H,24,27)(H,25,26)/t15-,19-/m0/s1. The number of furan rings is 1. The number of hydrogen-bond donors (Lipinski definition) is 2. The van der Waals surface area contributed by atoms with E-state index in [0.717, 1.165) is 16.5 Å². The van der Waals surface area contributed by atoms with Crippen LogP contribution in [-0.2, 0) is 19.1 Å². The number of amides is 2. The molecule has 0 unspecified atom stereocenters. The number of carbonyl (C=O) groups is 3. The number of esters is 1. The molecular weight excluding hydrogens is 384 g/mol. The lowest BCUT2D eigenvalue weighted by atomic mass is 10.0. The number of para-hydroxylation sites is 1. The van der Waals surface area contributed by atoms with Crippen LogP contribution in [-0.4, -0.2) is 24.4 Å². The van der Waals surface area contributed by atoms with Gasteiger partial charge in [0.2, 0.25) is 5.91 Å². The molecule has 3 aromatic rings. The quantitative estimate of drug-likeness (QED) is 0.557. The van der Waals surface area contributed by atoms with Crippen LogP contribution in [0.25, 0.3) is 11.0 Å². The van der Waals surface area contributed by atoms with E-state index < -0.39 is 24.5 Å². The summed E-state index contributed by atoms with van der Waals surface area (Å²) in [7, 11) is 0. The zero-order chi connectivity index (χ0) is 21.5. The van der Waals surface area contributed by atoms with Crippen LogP contribution in [0.3, 0.4) is 0 Å². The van der Waals surface area contributed by atoms with E-state index in [0.29, 0.717) is 5.76 Å². The monoisotopic (exact) mass is 408 g/mol. The molecule has 0 bridgehead atoms. The van der Waals surface area contributed by atoms with E-state index in [9.17, 15) is 14.4 Å². The summed E-state index contributed by atoms with van der Waals surface area (Å²) >= 11 is 0. The van der Waals surface area contributed by atoms with Gasteiger partial charge < -0.3 is 19.8 Å². The van der Waals surface area contributed by atoms with Crippen LogP contribution in [0.2, 0.25) is 0 Å². The molecule has 156 valence electrons. The first-order chi connectivity index (χ1) is 14.4. The van der Waals surface area contributed by atoms with Gasteiger partial charge in [-0.15, -0.1) is 0 Å². The smallest absolute Gasteiger partial charge is 0.308 e. The first kappa shape index (κ1) is 21.1. The van der Waals surface area contributed by atoms with E-state index in [1.807, 2.05) is 60.7 Å². The molecule has 0 radical (unpaired) electrons.